The molecule has 0 aliphatic rings. The van der Waals surface area contributed by atoms with Gasteiger partial charge in [-0.3, -0.25) is 0 Å². The average molecular weight is 321 g/mol. The molecule has 0 spiro atoms. The van der Waals surface area contributed by atoms with Crippen molar-refractivity contribution in [2.24, 2.45) is 5.92 Å². The molecule has 0 radical (unpaired) electrons. The fraction of sp³-hybridized carbons (Fsp3) is 0.538. The topological polar surface area (TPSA) is 32.3 Å². The van der Waals surface area contributed by atoms with Gasteiger partial charge >= 0.3 is 0 Å². The van der Waals surface area contributed by atoms with E-state index in [1.807, 2.05) is 18.2 Å². The van der Waals surface area contributed by atoms with Gasteiger partial charge in [-0.05, 0) is 46.0 Å². The molecule has 0 amide bonds. The van der Waals surface area contributed by atoms with Crippen LogP contribution in [0.25, 0.3) is 0 Å². The smallest absolute Gasteiger partial charge is 0.0548 e. The summed E-state index contributed by atoms with van der Waals surface area (Å²) >= 11 is 9.36. The second-order valence-electron chi connectivity index (χ2n) is 4.49. The third kappa shape index (κ3) is 4.96. The molecule has 96 valence electrons. The average Bonchev–Trinajstić information content (AvgIpc) is 2.28. The predicted molar refractivity (Wildman–Crippen MR) is 76.3 cm³/mol. The molecule has 0 aliphatic heterocycles. The minimum atomic E-state index is 0.222. The van der Waals surface area contributed by atoms with Crippen LogP contribution < -0.4 is 5.32 Å². The molecule has 0 fully saturated rings. The molecule has 2 N–H and O–H groups in total. The third-order valence-corrected chi connectivity index (χ3v) is 4.01. The van der Waals surface area contributed by atoms with Crippen LogP contribution in [0.4, 0.5) is 0 Å². The van der Waals surface area contributed by atoms with Crippen molar-refractivity contribution < 1.29 is 5.11 Å². The molecule has 4 heteroatoms. The first-order chi connectivity index (χ1) is 8.04. The van der Waals surface area contributed by atoms with Gasteiger partial charge in [0.15, 0.2) is 0 Å². The summed E-state index contributed by atoms with van der Waals surface area (Å²) in [4.78, 5) is 0. The molecule has 0 saturated heterocycles. The minimum absolute atomic E-state index is 0.222. The molecule has 0 bridgehead atoms. The summed E-state index contributed by atoms with van der Waals surface area (Å²) < 4.78 is 0.918. The van der Waals surface area contributed by atoms with Crippen LogP contribution in [0.1, 0.15) is 25.8 Å². The van der Waals surface area contributed by atoms with Crippen LogP contribution in [0.3, 0.4) is 0 Å². The molecule has 1 aromatic carbocycles. The Bertz CT molecular complexity index is 357. The summed E-state index contributed by atoms with van der Waals surface area (Å²) in [6, 6.07) is 6.26. The van der Waals surface area contributed by atoms with Crippen molar-refractivity contribution in [1.29, 1.82) is 0 Å². The van der Waals surface area contributed by atoms with Crippen LogP contribution in [0.2, 0.25) is 5.02 Å². The number of halogens is 2. The first-order valence-corrected chi connectivity index (χ1v) is 7.00. The maximum atomic E-state index is 9.00. The predicted octanol–water partition coefficient (Wildman–Crippen LogP) is 3.60. The fourth-order valence-electron chi connectivity index (χ4n) is 1.71. The van der Waals surface area contributed by atoms with Gasteiger partial charge in [0, 0.05) is 23.7 Å². The molecule has 2 nitrogen and oxygen atoms in total. The quantitative estimate of drug-likeness (QED) is 0.839. The largest absolute Gasteiger partial charge is 0.396 e. The van der Waals surface area contributed by atoms with Gasteiger partial charge in [-0.15, -0.1) is 0 Å². The number of hydrogen-bond donors (Lipinski definition) is 2. The van der Waals surface area contributed by atoms with Gasteiger partial charge in [-0.2, -0.15) is 0 Å². The van der Waals surface area contributed by atoms with Crippen molar-refractivity contribution in [1.82, 2.24) is 5.32 Å². The molecule has 0 aliphatic carbocycles. The van der Waals surface area contributed by atoms with Gasteiger partial charge in [0.25, 0.3) is 0 Å². The van der Waals surface area contributed by atoms with Gasteiger partial charge in [-0.25, -0.2) is 0 Å². The Morgan fingerprint density at radius 3 is 2.65 bits per heavy atom. The van der Waals surface area contributed by atoms with Crippen LogP contribution in [0, 0.1) is 5.92 Å². The zero-order chi connectivity index (χ0) is 12.8. The maximum absolute atomic E-state index is 9.00. The Hall–Kier alpha value is -0.0900. The van der Waals surface area contributed by atoms with Crippen molar-refractivity contribution in [2.75, 3.05) is 6.61 Å². The van der Waals surface area contributed by atoms with Gasteiger partial charge in [0.1, 0.15) is 0 Å². The highest BCUT2D eigenvalue weighted by Crippen LogP contribution is 2.23. The van der Waals surface area contributed by atoms with Crippen molar-refractivity contribution in [3.8, 4) is 0 Å². The molecule has 17 heavy (non-hydrogen) atoms. The molecule has 0 aromatic heterocycles. The van der Waals surface area contributed by atoms with Crippen LogP contribution in [0.15, 0.2) is 22.7 Å². The second kappa shape index (κ2) is 7.37. The first kappa shape index (κ1) is 15.0. The number of aliphatic hydroxyl groups excluding tert-OH is 1. The maximum Gasteiger partial charge on any atom is 0.0548 e. The van der Waals surface area contributed by atoms with E-state index in [0.29, 0.717) is 12.0 Å². The van der Waals surface area contributed by atoms with E-state index in [9.17, 15) is 0 Å². The second-order valence-corrected chi connectivity index (χ2v) is 5.75. The Balaban J connectivity index is 2.56. The highest BCUT2D eigenvalue weighted by Gasteiger charge is 2.11. The monoisotopic (exact) mass is 319 g/mol. The molecular weight excluding hydrogens is 302 g/mol. The van der Waals surface area contributed by atoms with E-state index < -0.39 is 0 Å². The van der Waals surface area contributed by atoms with E-state index in [4.69, 9.17) is 16.7 Å². The summed E-state index contributed by atoms with van der Waals surface area (Å²) in [6.07, 6.45) is 0.784. The standard InChI is InChI=1S/C13H19BrClNO/c1-9(2)13(5-6-17)16-8-10-3-4-12(15)11(14)7-10/h3-4,7,9,13,16-17H,5-6,8H2,1-2H3. The highest BCUT2D eigenvalue weighted by atomic mass is 79.9. The van der Waals surface area contributed by atoms with E-state index in [-0.39, 0.29) is 6.61 Å². The summed E-state index contributed by atoms with van der Waals surface area (Å²) in [5, 5.41) is 13.2. The summed E-state index contributed by atoms with van der Waals surface area (Å²) in [6.45, 7) is 5.33. The zero-order valence-corrected chi connectivity index (χ0v) is 12.6. The number of hydrogen-bond acceptors (Lipinski definition) is 2. The summed E-state index contributed by atoms with van der Waals surface area (Å²) in [5.41, 5.74) is 1.19. The van der Waals surface area contributed by atoms with E-state index in [2.05, 4.69) is 35.1 Å². The lowest BCUT2D eigenvalue weighted by atomic mass is 10.0. The van der Waals surface area contributed by atoms with E-state index in [1.165, 1.54) is 5.56 Å². The Morgan fingerprint density at radius 1 is 1.41 bits per heavy atom. The number of benzene rings is 1. The lowest BCUT2D eigenvalue weighted by molar-refractivity contribution is 0.244. The normalized spacial score (nSPS) is 13.1. The molecule has 1 aromatic rings. The van der Waals surface area contributed by atoms with E-state index >= 15 is 0 Å². The van der Waals surface area contributed by atoms with E-state index in [0.717, 1.165) is 22.5 Å². The van der Waals surface area contributed by atoms with Crippen LogP contribution in [-0.2, 0) is 6.54 Å². The Morgan fingerprint density at radius 2 is 2.12 bits per heavy atom. The van der Waals surface area contributed by atoms with Gasteiger partial charge in [0.2, 0.25) is 0 Å². The zero-order valence-electron chi connectivity index (χ0n) is 10.2. The van der Waals surface area contributed by atoms with Crippen molar-refractivity contribution in [3.63, 3.8) is 0 Å². The third-order valence-electron chi connectivity index (χ3n) is 2.80. The van der Waals surface area contributed by atoms with Crippen molar-refractivity contribution in [3.05, 3.63) is 33.3 Å². The molecule has 1 atom stereocenters. The van der Waals surface area contributed by atoms with Crippen molar-refractivity contribution >= 4 is 27.5 Å². The first-order valence-electron chi connectivity index (χ1n) is 5.82. The van der Waals surface area contributed by atoms with Crippen LogP contribution in [-0.4, -0.2) is 17.8 Å². The fourth-order valence-corrected chi connectivity index (χ4v) is 2.25. The van der Waals surface area contributed by atoms with Crippen LogP contribution in [0.5, 0.6) is 0 Å². The molecule has 0 heterocycles. The number of rotatable bonds is 6. The summed E-state index contributed by atoms with van der Waals surface area (Å²) in [7, 11) is 0. The minimum Gasteiger partial charge on any atom is -0.396 e. The lowest BCUT2D eigenvalue weighted by Gasteiger charge is -2.21. The SMILES string of the molecule is CC(C)C(CCO)NCc1ccc(Cl)c(Br)c1. The highest BCUT2D eigenvalue weighted by molar-refractivity contribution is 9.10. The Labute approximate surface area is 117 Å². The van der Waals surface area contributed by atoms with Gasteiger partial charge in [0.05, 0.1) is 5.02 Å². The van der Waals surface area contributed by atoms with Crippen LogP contribution >= 0.6 is 27.5 Å². The Kier molecular flexibility index (Phi) is 6.49. The molecule has 1 unspecified atom stereocenters. The van der Waals surface area contributed by atoms with Crippen molar-refractivity contribution in [2.45, 2.75) is 32.9 Å². The molecule has 1 rings (SSSR count). The van der Waals surface area contributed by atoms with E-state index in [1.54, 1.807) is 0 Å². The van der Waals surface area contributed by atoms with Gasteiger partial charge < -0.3 is 10.4 Å². The van der Waals surface area contributed by atoms with Gasteiger partial charge in [-0.1, -0.05) is 31.5 Å². The summed E-state index contributed by atoms with van der Waals surface area (Å²) in [5.74, 6) is 0.512. The molecule has 0 saturated carbocycles. The lowest BCUT2D eigenvalue weighted by Crippen LogP contribution is -2.34. The molecular formula is C13H19BrClNO. The number of aliphatic hydroxyl groups is 1. The number of nitrogens with one attached hydrogen (secondary N) is 1.